The number of methoxy groups -OCH3 is 1. The van der Waals surface area contributed by atoms with Crippen molar-refractivity contribution in [2.24, 2.45) is 0 Å². The standard InChI is InChI=1S/C21H21N3O5/c1-13(2)29-16-7-4-14(5-8-16)23-20(25)21(26)24-15-6-9-17(18(10-15)27-3)19-11-22-12-28-19/h4-13H,1-3H3,(H,23,25)(H,24,26). The van der Waals surface area contributed by atoms with Gasteiger partial charge in [0.1, 0.15) is 11.5 Å². The van der Waals surface area contributed by atoms with Gasteiger partial charge in [0.25, 0.3) is 0 Å². The number of oxazole rings is 1. The molecule has 3 rings (SSSR count). The van der Waals surface area contributed by atoms with Crippen LogP contribution in [0.2, 0.25) is 0 Å². The van der Waals surface area contributed by atoms with Crippen molar-refractivity contribution in [3.05, 3.63) is 55.1 Å². The molecule has 150 valence electrons. The molecule has 0 fully saturated rings. The van der Waals surface area contributed by atoms with E-state index in [1.54, 1.807) is 48.7 Å². The number of aromatic nitrogens is 1. The van der Waals surface area contributed by atoms with Crippen LogP contribution in [0.5, 0.6) is 11.5 Å². The monoisotopic (exact) mass is 395 g/mol. The van der Waals surface area contributed by atoms with Crippen LogP contribution in [0.3, 0.4) is 0 Å². The van der Waals surface area contributed by atoms with Crippen molar-refractivity contribution >= 4 is 23.2 Å². The zero-order valence-corrected chi connectivity index (χ0v) is 16.3. The molecule has 0 aliphatic carbocycles. The first-order chi connectivity index (χ1) is 14.0. The molecule has 0 spiro atoms. The molecule has 3 aromatic rings. The molecule has 0 atom stereocenters. The van der Waals surface area contributed by atoms with E-state index in [0.717, 1.165) is 0 Å². The van der Waals surface area contributed by atoms with E-state index in [0.29, 0.717) is 34.2 Å². The van der Waals surface area contributed by atoms with Gasteiger partial charge in [-0.15, -0.1) is 0 Å². The lowest BCUT2D eigenvalue weighted by Crippen LogP contribution is -2.29. The maximum atomic E-state index is 12.2. The highest BCUT2D eigenvalue weighted by atomic mass is 16.5. The van der Waals surface area contributed by atoms with Crippen LogP contribution in [0, 0.1) is 0 Å². The number of hydrogen-bond donors (Lipinski definition) is 2. The van der Waals surface area contributed by atoms with Crippen molar-refractivity contribution in [3.63, 3.8) is 0 Å². The Hall–Kier alpha value is -3.81. The number of rotatable bonds is 6. The van der Waals surface area contributed by atoms with Crippen molar-refractivity contribution in [2.45, 2.75) is 20.0 Å². The second kappa shape index (κ2) is 8.92. The number of carbonyl (C=O) groups excluding carboxylic acids is 2. The third kappa shape index (κ3) is 5.13. The van der Waals surface area contributed by atoms with Gasteiger partial charge >= 0.3 is 11.8 Å². The predicted molar refractivity (Wildman–Crippen MR) is 108 cm³/mol. The Morgan fingerprint density at radius 2 is 1.66 bits per heavy atom. The number of hydrogen-bond acceptors (Lipinski definition) is 6. The van der Waals surface area contributed by atoms with Gasteiger partial charge in [0.05, 0.1) is 25.0 Å². The molecule has 8 heteroatoms. The number of nitrogens with one attached hydrogen (secondary N) is 2. The Kier molecular flexibility index (Phi) is 6.13. The quantitative estimate of drug-likeness (QED) is 0.617. The first-order valence-corrected chi connectivity index (χ1v) is 8.92. The molecule has 0 bridgehead atoms. The predicted octanol–water partition coefficient (Wildman–Crippen LogP) is 3.71. The molecule has 0 unspecified atom stereocenters. The summed E-state index contributed by atoms with van der Waals surface area (Å²) in [4.78, 5) is 28.3. The summed E-state index contributed by atoms with van der Waals surface area (Å²) in [6, 6.07) is 11.7. The highest BCUT2D eigenvalue weighted by Gasteiger charge is 2.16. The van der Waals surface area contributed by atoms with Crippen LogP contribution in [0.4, 0.5) is 11.4 Å². The fourth-order valence-electron chi connectivity index (χ4n) is 2.59. The SMILES string of the molecule is COc1cc(NC(=O)C(=O)Nc2ccc(OC(C)C)cc2)ccc1-c1cnco1. The molecule has 29 heavy (non-hydrogen) atoms. The Morgan fingerprint density at radius 3 is 2.24 bits per heavy atom. The van der Waals surface area contributed by atoms with E-state index < -0.39 is 11.8 Å². The molecule has 0 aliphatic rings. The summed E-state index contributed by atoms with van der Waals surface area (Å²) in [5.74, 6) is 0.0900. The Labute approximate surface area is 167 Å². The molecule has 2 N–H and O–H groups in total. The molecule has 1 heterocycles. The van der Waals surface area contributed by atoms with Gasteiger partial charge in [0, 0.05) is 17.4 Å². The van der Waals surface area contributed by atoms with Gasteiger partial charge < -0.3 is 24.5 Å². The number of ether oxygens (including phenoxy) is 2. The van der Waals surface area contributed by atoms with Crippen molar-refractivity contribution in [1.29, 1.82) is 0 Å². The summed E-state index contributed by atoms with van der Waals surface area (Å²) < 4.78 is 16.1. The molecule has 2 amide bonds. The van der Waals surface area contributed by atoms with Crippen LogP contribution in [0.1, 0.15) is 13.8 Å². The van der Waals surface area contributed by atoms with Crippen LogP contribution in [0.15, 0.2) is 59.5 Å². The number of carbonyl (C=O) groups is 2. The van der Waals surface area contributed by atoms with Gasteiger partial charge in [-0.25, -0.2) is 4.98 Å². The highest BCUT2D eigenvalue weighted by Crippen LogP contribution is 2.32. The maximum absolute atomic E-state index is 12.2. The Balaban J connectivity index is 1.64. The topological polar surface area (TPSA) is 103 Å². The Morgan fingerprint density at radius 1 is 1.00 bits per heavy atom. The van der Waals surface area contributed by atoms with Gasteiger partial charge in [0.15, 0.2) is 12.2 Å². The third-order valence-electron chi connectivity index (χ3n) is 3.85. The van der Waals surface area contributed by atoms with E-state index in [2.05, 4.69) is 15.6 Å². The number of nitrogens with zero attached hydrogens (tertiary/aromatic N) is 1. The summed E-state index contributed by atoms with van der Waals surface area (Å²) in [6.07, 6.45) is 2.92. The third-order valence-corrected chi connectivity index (χ3v) is 3.85. The lowest BCUT2D eigenvalue weighted by Gasteiger charge is -2.11. The van der Waals surface area contributed by atoms with Gasteiger partial charge in [-0.1, -0.05) is 0 Å². The van der Waals surface area contributed by atoms with Gasteiger partial charge in [-0.05, 0) is 50.2 Å². The summed E-state index contributed by atoms with van der Waals surface area (Å²) >= 11 is 0. The first-order valence-electron chi connectivity index (χ1n) is 8.92. The zero-order valence-electron chi connectivity index (χ0n) is 16.3. The average Bonchev–Trinajstić information content (AvgIpc) is 3.23. The summed E-state index contributed by atoms with van der Waals surface area (Å²) in [5.41, 5.74) is 1.57. The first kappa shape index (κ1) is 19.9. The molecule has 0 aliphatic heterocycles. The van der Waals surface area contributed by atoms with Crippen LogP contribution in [-0.4, -0.2) is 30.0 Å². The molecule has 0 radical (unpaired) electrons. The second-order valence-corrected chi connectivity index (χ2v) is 6.38. The minimum absolute atomic E-state index is 0.0497. The number of benzene rings is 2. The van der Waals surface area contributed by atoms with Crippen LogP contribution >= 0.6 is 0 Å². The second-order valence-electron chi connectivity index (χ2n) is 6.38. The van der Waals surface area contributed by atoms with E-state index >= 15 is 0 Å². The lowest BCUT2D eigenvalue weighted by molar-refractivity contribution is -0.132. The molecule has 2 aromatic carbocycles. The fraction of sp³-hybridized carbons (Fsp3) is 0.190. The smallest absolute Gasteiger partial charge is 0.314 e. The van der Waals surface area contributed by atoms with Crippen LogP contribution < -0.4 is 20.1 Å². The number of anilines is 2. The van der Waals surface area contributed by atoms with Crippen molar-refractivity contribution < 1.29 is 23.5 Å². The van der Waals surface area contributed by atoms with Crippen molar-refractivity contribution in [3.8, 4) is 22.8 Å². The van der Waals surface area contributed by atoms with Gasteiger partial charge in [0.2, 0.25) is 0 Å². The van der Waals surface area contributed by atoms with Crippen molar-refractivity contribution in [2.75, 3.05) is 17.7 Å². The van der Waals surface area contributed by atoms with E-state index in [1.165, 1.54) is 13.5 Å². The summed E-state index contributed by atoms with van der Waals surface area (Å²) in [7, 11) is 1.50. The van der Waals surface area contributed by atoms with E-state index in [9.17, 15) is 9.59 Å². The van der Waals surface area contributed by atoms with E-state index in [1.807, 2.05) is 13.8 Å². The molecule has 8 nitrogen and oxygen atoms in total. The molecule has 0 saturated carbocycles. The molecule has 1 aromatic heterocycles. The normalized spacial score (nSPS) is 10.5. The van der Waals surface area contributed by atoms with Gasteiger partial charge in [-0.2, -0.15) is 0 Å². The summed E-state index contributed by atoms with van der Waals surface area (Å²) in [5, 5.41) is 5.09. The maximum Gasteiger partial charge on any atom is 0.314 e. The fourth-order valence-corrected chi connectivity index (χ4v) is 2.59. The van der Waals surface area contributed by atoms with E-state index in [-0.39, 0.29) is 6.10 Å². The lowest BCUT2D eigenvalue weighted by atomic mass is 10.1. The van der Waals surface area contributed by atoms with Crippen LogP contribution in [0.25, 0.3) is 11.3 Å². The largest absolute Gasteiger partial charge is 0.496 e. The van der Waals surface area contributed by atoms with Crippen molar-refractivity contribution in [1.82, 2.24) is 4.98 Å². The Bertz CT molecular complexity index is 982. The minimum atomic E-state index is -0.804. The highest BCUT2D eigenvalue weighted by molar-refractivity contribution is 6.43. The zero-order chi connectivity index (χ0) is 20.8. The number of amides is 2. The molecule has 0 saturated heterocycles. The van der Waals surface area contributed by atoms with Gasteiger partial charge in [-0.3, -0.25) is 9.59 Å². The minimum Gasteiger partial charge on any atom is -0.496 e. The summed E-state index contributed by atoms with van der Waals surface area (Å²) in [6.45, 7) is 3.85. The molecular formula is C21H21N3O5. The van der Waals surface area contributed by atoms with Crippen LogP contribution in [-0.2, 0) is 9.59 Å². The molecular weight excluding hydrogens is 374 g/mol. The van der Waals surface area contributed by atoms with E-state index in [4.69, 9.17) is 13.9 Å². The average molecular weight is 395 g/mol.